The molecular weight excluding hydrogens is 416 g/mol. The Hall–Kier alpha value is -4.58. The summed E-state index contributed by atoms with van der Waals surface area (Å²) >= 11 is 0. The smallest absolute Gasteiger partial charge is 0.224 e. The van der Waals surface area contributed by atoms with Crippen molar-refractivity contribution in [3.05, 3.63) is 54.5 Å². The molecule has 9 nitrogen and oxygen atoms in total. The zero-order chi connectivity index (χ0) is 22.9. The molecule has 5 aromatic rings. The highest BCUT2D eigenvalue weighted by Crippen LogP contribution is 2.30. The van der Waals surface area contributed by atoms with Crippen LogP contribution in [0.3, 0.4) is 0 Å². The summed E-state index contributed by atoms with van der Waals surface area (Å²) in [5, 5.41) is 20.4. The van der Waals surface area contributed by atoms with Gasteiger partial charge in [-0.3, -0.25) is 14.9 Å². The lowest BCUT2D eigenvalue weighted by Gasteiger charge is -2.08. The third-order valence-electron chi connectivity index (χ3n) is 5.22. The van der Waals surface area contributed by atoms with Gasteiger partial charge >= 0.3 is 0 Å². The number of nitrogens with one attached hydrogen (secondary N) is 3. The van der Waals surface area contributed by atoms with Crippen molar-refractivity contribution in [2.24, 2.45) is 5.92 Å². The van der Waals surface area contributed by atoms with Crippen molar-refractivity contribution >= 4 is 33.7 Å². The molecule has 0 aliphatic carbocycles. The number of benzene rings is 1. The van der Waals surface area contributed by atoms with Crippen LogP contribution in [-0.2, 0) is 4.79 Å². The Kier molecular flexibility index (Phi) is 5.03. The quantitative estimate of drug-likeness (QED) is 0.373. The fraction of sp³-hybridized carbons (Fsp3) is 0.167. The number of anilines is 1. The number of amides is 1. The SMILES string of the molecule is CC(C)CC(=O)Nc1cncc(-c2cnc3[nH]nc(-c4nc5c(C#N)cccc5[nH]4)c3c2)c1. The molecule has 1 aromatic carbocycles. The number of pyridine rings is 2. The highest BCUT2D eigenvalue weighted by molar-refractivity contribution is 5.95. The first-order chi connectivity index (χ1) is 16.0. The molecule has 0 radical (unpaired) electrons. The number of rotatable bonds is 5. The summed E-state index contributed by atoms with van der Waals surface area (Å²) in [5.41, 5.74) is 5.35. The second kappa shape index (κ2) is 8.16. The average molecular weight is 436 g/mol. The Morgan fingerprint density at radius 1 is 1.18 bits per heavy atom. The Labute approximate surface area is 188 Å². The van der Waals surface area contributed by atoms with Gasteiger partial charge in [-0.1, -0.05) is 19.9 Å². The van der Waals surface area contributed by atoms with Gasteiger partial charge in [-0.2, -0.15) is 10.4 Å². The largest absolute Gasteiger partial charge is 0.337 e. The molecule has 0 fully saturated rings. The summed E-state index contributed by atoms with van der Waals surface area (Å²) in [7, 11) is 0. The first-order valence-corrected chi connectivity index (χ1v) is 10.5. The number of aromatic nitrogens is 6. The Morgan fingerprint density at radius 3 is 2.85 bits per heavy atom. The van der Waals surface area contributed by atoms with E-state index in [0.29, 0.717) is 40.4 Å². The summed E-state index contributed by atoms with van der Waals surface area (Å²) in [6.45, 7) is 4.00. The van der Waals surface area contributed by atoms with Gasteiger partial charge in [0.15, 0.2) is 11.5 Å². The Morgan fingerprint density at radius 2 is 2.03 bits per heavy atom. The van der Waals surface area contributed by atoms with Crippen LogP contribution in [0.5, 0.6) is 0 Å². The minimum Gasteiger partial charge on any atom is -0.337 e. The van der Waals surface area contributed by atoms with Crippen molar-refractivity contribution in [2.75, 3.05) is 5.32 Å². The third kappa shape index (κ3) is 3.90. The number of carbonyl (C=O) groups excluding carboxylic acids is 1. The van der Waals surface area contributed by atoms with Crippen molar-refractivity contribution in [2.45, 2.75) is 20.3 Å². The number of nitriles is 1. The van der Waals surface area contributed by atoms with Gasteiger partial charge in [0.2, 0.25) is 5.91 Å². The van der Waals surface area contributed by atoms with Crippen molar-refractivity contribution in [3.63, 3.8) is 0 Å². The lowest BCUT2D eigenvalue weighted by atomic mass is 10.1. The number of fused-ring (bicyclic) bond motifs is 2. The molecule has 33 heavy (non-hydrogen) atoms. The van der Waals surface area contributed by atoms with Gasteiger partial charge in [0.25, 0.3) is 0 Å². The molecule has 0 spiro atoms. The normalized spacial score (nSPS) is 11.2. The van der Waals surface area contributed by atoms with Crippen LogP contribution in [0.4, 0.5) is 5.69 Å². The highest BCUT2D eigenvalue weighted by Gasteiger charge is 2.16. The maximum Gasteiger partial charge on any atom is 0.224 e. The average Bonchev–Trinajstić information content (AvgIpc) is 3.41. The molecule has 1 amide bonds. The molecule has 9 heteroatoms. The number of carbonyl (C=O) groups is 1. The van der Waals surface area contributed by atoms with E-state index in [0.717, 1.165) is 22.0 Å². The van der Waals surface area contributed by atoms with Crippen molar-refractivity contribution in [1.29, 1.82) is 5.26 Å². The number of aromatic amines is 2. The summed E-state index contributed by atoms with van der Waals surface area (Å²) in [4.78, 5) is 28.7. The predicted molar refractivity (Wildman–Crippen MR) is 125 cm³/mol. The fourth-order valence-electron chi connectivity index (χ4n) is 3.73. The standard InChI is InChI=1S/C24H20N8O/c1-13(2)6-20(33)28-17-7-15(10-26-12-17)16-8-18-22(31-32-23(18)27-11-16)24-29-19-5-3-4-14(9-25)21(19)30-24/h3-5,7-8,10-13H,6H2,1-2H3,(H,28,33)(H,29,30)(H,27,31,32). The molecule has 5 rings (SSSR count). The molecule has 4 heterocycles. The van der Waals surface area contributed by atoms with Crippen LogP contribution >= 0.6 is 0 Å². The van der Waals surface area contributed by atoms with E-state index in [1.165, 1.54) is 0 Å². The van der Waals surface area contributed by atoms with Gasteiger partial charge in [0.1, 0.15) is 17.3 Å². The zero-order valence-corrected chi connectivity index (χ0v) is 18.0. The molecular formula is C24H20N8O. The summed E-state index contributed by atoms with van der Waals surface area (Å²) < 4.78 is 0. The maximum absolute atomic E-state index is 12.1. The van der Waals surface area contributed by atoms with Gasteiger partial charge in [0, 0.05) is 29.9 Å². The summed E-state index contributed by atoms with van der Waals surface area (Å²) in [6, 6.07) is 11.4. The van der Waals surface area contributed by atoms with E-state index in [1.807, 2.05) is 38.1 Å². The Bertz CT molecular complexity index is 1540. The van der Waals surface area contributed by atoms with E-state index in [1.54, 1.807) is 24.7 Å². The second-order valence-corrected chi connectivity index (χ2v) is 8.20. The molecule has 0 atom stereocenters. The highest BCUT2D eigenvalue weighted by atomic mass is 16.1. The second-order valence-electron chi connectivity index (χ2n) is 8.20. The molecule has 0 aliphatic heterocycles. The topological polar surface area (TPSA) is 136 Å². The van der Waals surface area contributed by atoms with Gasteiger partial charge in [0.05, 0.1) is 28.4 Å². The first-order valence-electron chi connectivity index (χ1n) is 10.5. The molecule has 0 saturated carbocycles. The minimum atomic E-state index is -0.0451. The Balaban J connectivity index is 1.53. The van der Waals surface area contributed by atoms with Gasteiger partial charge in [-0.05, 0) is 30.2 Å². The van der Waals surface area contributed by atoms with E-state index in [-0.39, 0.29) is 11.8 Å². The van der Waals surface area contributed by atoms with Crippen molar-refractivity contribution < 1.29 is 4.79 Å². The predicted octanol–water partition coefficient (Wildman–Crippen LogP) is 4.42. The number of hydrogen-bond donors (Lipinski definition) is 3. The monoisotopic (exact) mass is 436 g/mol. The van der Waals surface area contributed by atoms with Crippen LogP contribution in [0, 0.1) is 17.2 Å². The zero-order valence-electron chi connectivity index (χ0n) is 18.0. The van der Waals surface area contributed by atoms with Crippen LogP contribution in [0.1, 0.15) is 25.8 Å². The molecule has 0 aliphatic rings. The summed E-state index contributed by atoms with van der Waals surface area (Å²) in [6.07, 6.45) is 5.52. The van der Waals surface area contributed by atoms with E-state index in [9.17, 15) is 10.1 Å². The summed E-state index contributed by atoms with van der Waals surface area (Å²) in [5.74, 6) is 0.775. The van der Waals surface area contributed by atoms with Gasteiger partial charge < -0.3 is 10.3 Å². The first kappa shape index (κ1) is 20.3. The van der Waals surface area contributed by atoms with Crippen LogP contribution in [0.25, 0.3) is 44.7 Å². The third-order valence-corrected chi connectivity index (χ3v) is 5.22. The van der Waals surface area contributed by atoms with Crippen LogP contribution in [-0.4, -0.2) is 36.0 Å². The van der Waals surface area contributed by atoms with Gasteiger partial charge in [-0.25, -0.2) is 9.97 Å². The van der Waals surface area contributed by atoms with Gasteiger partial charge in [-0.15, -0.1) is 0 Å². The molecule has 3 N–H and O–H groups in total. The van der Waals surface area contributed by atoms with Crippen LogP contribution in [0.2, 0.25) is 0 Å². The van der Waals surface area contributed by atoms with Crippen LogP contribution < -0.4 is 5.32 Å². The lowest BCUT2D eigenvalue weighted by molar-refractivity contribution is -0.116. The molecule has 162 valence electrons. The molecule has 0 saturated heterocycles. The number of nitrogens with zero attached hydrogens (tertiary/aromatic N) is 5. The number of H-pyrrole nitrogens is 2. The van der Waals surface area contributed by atoms with E-state index in [2.05, 4.69) is 41.5 Å². The van der Waals surface area contributed by atoms with E-state index < -0.39 is 0 Å². The molecule has 4 aromatic heterocycles. The lowest BCUT2D eigenvalue weighted by Crippen LogP contribution is -2.13. The van der Waals surface area contributed by atoms with Crippen molar-refractivity contribution in [3.8, 4) is 28.7 Å². The number of para-hydroxylation sites is 1. The minimum absolute atomic E-state index is 0.0451. The van der Waals surface area contributed by atoms with Crippen molar-refractivity contribution in [1.82, 2.24) is 30.1 Å². The van der Waals surface area contributed by atoms with Crippen LogP contribution in [0.15, 0.2) is 48.9 Å². The maximum atomic E-state index is 12.1. The fourth-order valence-corrected chi connectivity index (χ4v) is 3.73. The van der Waals surface area contributed by atoms with E-state index in [4.69, 9.17) is 0 Å². The molecule has 0 bridgehead atoms. The number of imidazole rings is 1. The molecule has 0 unspecified atom stereocenters. The number of hydrogen-bond acceptors (Lipinski definition) is 6. The van der Waals surface area contributed by atoms with E-state index >= 15 is 0 Å².